The zero-order valence-electron chi connectivity index (χ0n) is 10.8. The summed E-state index contributed by atoms with van der Waals surface area (Å²) < 4.78 is 19.1. The van der Waals surface area contributed by atoms with Gasteiger partial charge in [0.2, 0.25) is 5.75 Å². The van der Waals surface area contributed by atoms with E-state index in [1.807, 2.05) is 0 Å². The van der Waals surface area contributed by atoms with Gasteiger partial charge in [-0.15, -0.1) is 0 Å². The lowest BCUT2D eigenvalue weighted by Crippen LogP contribution is -1.99. The molecule has 0 spiro atoms. The molecule has 0 saturated heterocycles. The highest BCUT2D eigenvalue weighted by Gasteiger charge is 2.19. The minimum Gasteiger partial charge on any atom is -0.447 e. The Hall–Kier alpha value is -2.47. The molecule has 0 radical (unpaired) electrons. The van der Waals surface area contributed by atoms with E-state index in [-0.39, 0.29) is 23.7 Å². The maximum atomic E-state index is 13.8. The number of aryl methyl sites for hydroxylation is 1. The second kappa shape index (κ2) is 5.66. The topological polar surface area (TPSA) is 78.4 Å². The first-order valence-electron chi connectivity index (χ1n) is 5.93. The summed E-state index contributed by atoms with van der Waals surface area (Å²) in [4.78, 5) is 10.5. The molecule has 0 saturated carbocycles. The Labute approximate surface area is 114 Å². The van der Waals surface area contributed by atoms with Crippen molar-refractivity contribution in [2.75, 3.05) is 0 Å². The summed E-state index contributed by atoms with van der Waals surface area (Å²) in [5, 5.41) is 11.0. The zero-order valence-corrected chi connectivity index (χ0v) is 10.8. The van der Waals surface area contributed by atoms with Crippen LogP contribution in [0.2, 0.25) is 0 Å². The van der Waals surface area contributed by atoms with Crippen LogP contribution in [-0.2, 0) is 6.54 Å². The third-order valence-electron chi connectivity index (χ3n) is 2.84. The lowest BCUT2D eigenvalue weighted by molar-refractivity contribution is -0.386. The van der Waals surface area contributed by atoms with Gasteiger partial charge < -0.3 is 10.5 Å². The van der Waals surface area contributed by atoms with E-state index in [0.29, 0.717) is 11.1 Å². The summed E-state index contributed by atoms with van der Waals surface area (Å²) in [6.45, 7) is 1.81. The van der Waals surface area contributed by atoms with E-state index < -0.39 is 10.7 Å². The van der Waals surface area contributed by atoms with Crippen molar-refractivity contribution in [3.05, 3.63) is 63.5 Å². The van der Waals surface area contributed by atoms with E-state index in [2.05, 4.69) is 0 Å². The van der Waals surface area contributed by atoms with Crippen molar-refractivity contribution in [2.45, 2.75) is 13.5 Å². The first kappa shape index (κ1) is 14.0. The number of nitrogens with two attached hydrogens (primary N) is 1. The second-order valence-corrected chi connectivity index (χ2v) is 4.25. The largest absolute Gasteiger partial charge is 0.447 e. The molecule has 0 unspecified atom stereocenters. The standard InChI is InChI=1S/C14H13FN2O3/c1-9-3-2-4-13(14(9)17(18)19)20-12-6-5-10(8-16)7-11(12)15/h2-7H,8,16H2,1H3. The van der Waals surface area contributed by atoms with Gasteiger partial charge in [0, 0.05) is 12.1 Å². The number of hydrogen-bond acceptors (Lipinski definition) is 4. The SMILES string of the molecule is Cc1cccc(Oc2ccc(CN)cc2F)c1[N+](=O)[O-]. The summed E-state index contributed by atoms with van der Waals surface area (Å²) in [7, 11) is 0. The fraction of sp³-hybridized carbons (Fsp3) is 0.143. The Morgan fingerprint density at radius 1 is 1.30 bits per heavy atom. The number of halogens is 1. The first-order valence-corrected chi connectivity index (χ1v) is 5.93. The first-order chi connectivity index (χ1) is 9.52. The van der Waals surface area contributed by atoms with Crippen molar-refractivity contribution >= 4 is 5.69 Å². The smallest absolute Gasteiger partial charge is 0.314 e. The molecular formula is C14H13FN2O3. The lowest BCUT2D eigenvalue weighted by atomic mass is 10.2. The van der Waals surface area contributed by atoms with Crippen molar-refractivity contribution in [2.24, 2.45) is 5.73 Å². The van der Waals surface area contributed by atoms with E-state index >= 15 is 0 Å². The highest BCUT2D eigenvalue weighted by molar-refractivity contribution is 5.53. The van der Waals surface area contributed by atoms with E-state index in [0.717, 1.165) is 0 Å². The quantitative estimate of drug-likeness (QED) is 0.686. The molecule has 0 aliphatic carbocycles. The number of para-hydroxylation sites is 1. The molecule has 2 N–H and O–H groups in total. The Balaban J connectivity index is 2.40. The molecule has 0 aliphatic heterocycles. The van der Waals surface area contributed by atoms with Crippen LogP contribution in [-0.4, -0.2) is 4.92 Å². The minimum atomic E-state index is -0.608. The summed E-state index contributed by atoms with van der Waals surface area (Å²) >= 11 is 0. The van der Waals surface area contributed by atoms with Crippen LogP contribution in [0.4, 0.5) is 10.1 Å². The van der Waals surface area contributed by atoms with Crippen molar-refractivity contribution in [1.29, 1.82) is 0 Å². The van der Waals surface area contributed by atoms with Gasteiger partial charge in [0.25, 0.3) is 0 Å². The molecule has 6 heteroatoms. The van der Waals surface area contributed by atoms with Crippen LogP contribution in [0.3, 0.4) is 0 Å². The van der Waals surface area contributed by atoms with Crippen LogP contribution < -0.4 is 10.5 Å². The van der Waals surface area contributed by atoms with Crippen LogP contribution in [0, 0.1) is 22.9 Å². The van der Waals surface area contributed by atoms with E-state index in [1.54, 1.807) is 25.1 Å². The fourth-order valence-corrected chi connectivity index (χ4v) is 1.82. The van der Waals surface area contributed by atoms with Gasteiger partial charge in [-0.05, 0) is 30.7 Å². The number of ether oxygens (including phenoxy) is 1. The number of hydrogen-bond donors (Lipinski definition) is 1. The molecule has 2 aromatic carbocycles. The number of nitro benzene ring substituents is 1. The Kier molecular flexibility index (Phi) is 3.95. The van der Waals surface area contributed by atoms with Crippen LogP contribution in [0.25, 0.3) is 0 Å². The van der Waals surface area contributed by atoms with Crippen LogP contribution in [0.15, 0.2) is 36.4 Å². The van der Waals surface area contributed by atoms with Gasteiger partial charge in [0.05, 0.1) is 4.92 Å². The average molecular weight is 276 g/mol. The third kappa shape index (κ3) is 2.75. The number of benzene rings is 2. The predicted octanol–water partition coefficient (Wildman–Crippen LogP) is 3.29. The van der Waals surface area contributed by atoms with Crippen LogP contribution >= 0.6 is 0 Å². The van der Waals surface area contributed by atoms with Crippen molar-refractivity contribution in [3.63, 3.8) is 0 Å². The highest BCUT2D eigenvalue weighted by atomic mass is 19.1. The molecule has 0 aromatic heterocycles. The van der Waals surface area contributed by atoms with Gasteiger partial charge in [0.1, 0.15) is 0 Å². The Morgan fingerprint density at radius 2 is 2.05 bits per heavy atom. The summed E-state index contributed by atoms with van der Waals surface area (Å²) in [5.74, 6) is -0.672. The molecule has 2 aromatic rings. The van der Waals surface area contributed by atoms with Gasteiger partial charge in [-0.1, -0.05) is 18.2 Å². The third-order valence-corrected chi connectivity index (χ3v) is 2.84. The molecule has 0 heterocycles. The van der Waals surface area contributed by atoms with Gasteiger partial charge in [0.15, 0.2) is 11.6 Å². The van der Waals surface area contributed by atoms with Crippen molar-refractivity contribution in [1.82, 2.24) is 0 Å². The lowest BCUT2D eigenvalue weighted by Gasteiger charge is -2.09. The normalized spacial score (nSPS) is 10.3. The summed E-state index contributed by atoms with van der Waals surface area (Å²) in [6, 6.07) is 8.91. The summed E-state index contributed by atoms with van der Waals surface area (Å²) in [6.07, 6.45) is 0. The molecule has 20 heavy (non-hydrogen) atoms. The molecular weight excluding hydrogens is 263 g/mol. The molecule has 0 atom stereocenters. The molecule has 0 bridgehead atoms. The second-order valence-electron chi connectivity index (χ2n) is 4.25. The van der Waals surface area contributed by atoms with Gasteiger partial charge in [-0.25, -0.2) is 4.39 Å². The zero-order chi connectivity index (χ0) is 14.7. The summed E-state index contributed by atoms with van der Waals surface area (Å²) in [5.41, 5.74) is 6.31. The molecule has 0 amide bonds. The van der Waals surface area contributed by atoms with Gasteiger partial charge in [-0.2, -0.15) is 0 Å². The number of nitro groups is 1. The number of nitrogens with zero attached hydrogens (tertiary/aromatic N) is 1. The minimum absolute atomic E-state index is 0.00870. The average Bonchev–Trinajstić information content (AvgIpc) is 2.40. The molecule has 5 nitrogen and oxygen atoms in total. The molecule has 0 fully saturated rings. The molecule has 104 valence electrons. The van der Waals surface area contributed by atoms with Crippen molar-refractivity contribution < 1.29 is 14.1 Å². The fourth-order valence-electron chi connectivity index (χ4n) is 1.82. The maximum Gasteiger partial charge on any atom is 0.314 e. The predicted molar refractivity (Wildman–Crippen MR) is 72.2 cm³/mol. The van der Waals surface area contributed by atoms with E-state index in [9.17, 15) is 14.5 Å². The van der Waals surface area contributed by atoms with E-state index in [4.69, 9.17) is 10.5 Å². The Morgan fingerprint density at radius 3 is 2.65 bits per heavy atom. The maximum absolute atomic E-state index is 13.8. The van der Waals surface area contributed by atoms with E-state index in [1.165, 1.54) is 18.2 Å². The van der Waals surface area contributed by atoms with Gasteiger partial charge in [-0.3, -0.25) is 10.1 Å². The molecule has 2 rings (SSSR count). The highest BCUT2D eigenvalue weighted by Crippen LogP contribution is 2.34. The van der Waals surface area contributed by atoms with Crippen molar-refractivity contribution in [3.8, 4) is 11.5 Å². The van der Waals surface area contributed by atoms with Gasteiger partial charge >= 0.3 is 5.69 Å². The van der Waals surface area contributed by atoms with Crippen LogP contribution in [0.1, 0.15) is 11.1 Å². The molecule has 0 aliphatic rings. The Bertz CT molecular complexity index is 659. The number of rotatable bonds is 4. The van der Waals surface area contributed by atoms with Crippen LogP contribution in [0.5, 0.6) is 11.5 Å². The monoisotopic (exact) mass is 276 g/mol.